The van der Waals surface area contributed by atoms with Gasteiger partial charge in [-0.3, -0.25) is 4.55 Å². The summed E-state index contributed by atoms with van der Waals surface area (Å²) < 4.78 is 37.9. The molecule has 0 saturated heterocycles. The largest absolute Gasteiger partial charge is 0.508 e. The van der Waals surface area contributed by atoms with E-state index in [9.17, 15) is 18.1 Å². The number of hydrogen-bond donors (Lipinski definition) is 2. The van der Waals surface area contributed by atoms with Gasteiger partial charge in [-0.2, -0.15) is 8.42 Å². The van der Waals surface area contributed by atoms with Crippen LogP contribution in [0.25, 0.3) is 0 Å². The first-order chi connectivity index (χ1) is 12.4. The second-order valence-electron chi connectivity index (χ2n) is 6.36. The molecule has 0 spiro atoms. The van der Waals surface area contributed by atoms with E-state index in [1.807, 2.05) is 0 Å². The zero-order valence-electron chi connectivity index (χ0n) is 15.0. The number of phenols is 1. The Hall–Kier alpha value is -2.05. The Morgan fingerprint density at radius 1 is 0.962 bits per heavy atom. The summed E-state index contributed by atoms with van der Waals surface area (Å²) in [6, 6.07) is 10.7. The smallest absolute Gasteiger partial charge is 0.294 e. The fourth-order valence-electron chi connectivity index (χ4n) is 2.77. The van der Waals surface area contributed by atoms with Crippen LogP contribution in [0, 0.1) is 0 Å². The molecule has 6 heteroatoms. The SMILES string of the molecule is CCCCCCCCc1ccc(S(=O)(=O)O)cc1Oc1cccc(O)c1. The van der Waals surface area contributed by atoms with Gasteiger partial charge in [0, 0.05) is 12.1 Å². The number of aryl methyl sites for hydroxylation is 1. The van der Waals surface area contributed by atoms with Crippen LogP contribution in [0.3, 0.4) is 0 Å². The minimum Gasteiger partial charge on any atom is -0.508 e. The minimum atomic E-state index is -4.31. The van der Waals surface area contributed by atoms with Crippen LogP contribution < -0.4 is 4.74 Å². The van der Waals surface area contributed by atoms with E-state index in [1.54, 1.807) is 18.2 Å². The summed E-state index contributed by atoms with van der Waals surface area (Å²) in [6.07, 6.45) is 7.70. The van der Waals surface area contributed by atoms with Gasteiger partial charge >= 0.3 is 0 Å². The van der Waals surface area contributed by atoms with Gasteiger partial charge in [-0.05, 0) is 36.6 Å². The van der Waals surface area contributed by atoms with Crippen LogP contribution in [0.4, 0.5) is 0 Å². The first kappa shape index (κ1) is 20.3. The molecule has 0 aliphatic rings. The van der Waals surface area contributed by atoms with Crippen LogP contribution >= 0.6 is 0 Å². The van der Waals surface area contributed by atoms with E-state index >= 15 is 0 Å². The fourth-order valence-corrected chi connectivity index (χ4v) is 3.26. The zero-order valence-corrected chi connectivity index (χ0v) is 15.8. The second-order valence-corrected chi connectivity index (χ2v) is 7.78. The Bertz CT molecular complexity index is 815. The Kier molecular flexibility index (Phi) is 7.48. The number of benzene rings is 2. The van der Waals surface area contributed by atoms with E-state index in [2.05, 4.69) is 6.92 Å². The van der Waals surface area contributed by atoms with E-state index in [4.69, 9.17) is 4.74 Å². The molecule has 0 bridgehead atoms. The molecular formula is C20H26O5S. The molecule has 0 aliphatic carbocycles. The van der Waals surface area contributed by atoms with Gasteiger partial charge in [-0.15, -0.1) is 0 Å². The van der Waals surface area contributed by atoms with Crippen molar-refractivity contribution in [2.75, 3.05) is 0 Å². The number of hydrogen-bond acceptors (Lipinski definition) is 4. The maximum atomic E-state index is 11.4. The molecule has 5 nitrogen and oxygen atoms in total. The molecule has 0 fully saturated rings. The van der Waals surface area contributed by atoms with Crippen molar-refractivity contribution in [3.8, 4) is 17.2 Å². The number of aromatic hydroxyl groups is 1. The third-order valence-corrected chi connectivity index (χ3v) is 5.03. The third kappa shape index (κ3) is 6.35. The third-order valence-electron chi connectivity index (χ3n) is 4.18. The normalized spacial score (nSPS) is 11.5. The number of ether oxygens (including phenoxy) is 1. The van der Waals surface area contributed by atoms with E-state index in [-0.39, 0.29) is 10.6 Å². The van der Waals surface area contributed by atoms with Gasteiger partial charge < -0.3 is 9.84 Å². The highest BCUT2D eigenvalue weighted by Gasteiger charge is 2.14. The van der Waals surface area contributed by atoms with Gasteiger partial charge in [0.05, 0.1) is 4.90 Å². The lowest BCUT2D eigenvalue weighted by Gasteiger charge is -2.13. The van der Waals surface area contributed by atoms with Crippen molar-refractivity contribution in [3.63, 3.8) is 0 Å². The van der Waals surface area contributed by atoms with Crippen molar-refractivity contribution in [3.05, 3.63) is 48.0 Å². The Morgan fingerprint density at radius 3 is 2.38 bits per heavy atom. The topological polar surface area (TPSA) is 83.8 Å². The van der Waals surface area contributed by atoms with Crippen LogP contribution in [-0.4, -0.2) is 18.1 Å². The zero-order chi connectivity index (χ0) is 19.0. The fraction of sp³-hybridized carbons (Fsp3) is 0.400. The molecule has 0 radical (unpaired) electrons. The molecule has 0 saturated carbocycles. The quantitative estimate of drug-likeness (QED) is 0.431. The molecule has 0 atom stereocenters. The van der Waals surface area contributed by atoms with Crippen molar-refractivity contribution < 1.29 is 22.8 Å². The summed E-state index contributed by atoms with van der Waals surface area (Å²) in [6.45, 7) is 2.18. The number of rotatable bonds is 10. The predicted octanol–water partition coefficient (Wildman–Crippen LogP) is 5.33. The molecule has 2 rings (SSSR count). The molecule has 142 valence electrons. The second kappa shape index (κ2) is 9.59. The maximum absolute atomic E-state index is 11.4. The van der Waals surface area contributed by atoms with Crippen LogP contribution in [0.1, 0.15) is 51.0 Å². The van der Waals surface area contributed by atoms with Crippen molar-refractivity contribution in [1.82, 2.24) is 0 Å². The first-order valence-corrected chi connectivity index (χ1v) is 10.4. The molecule has 26 heavy (non-hydrogen) atoms. The summed E-state index contributed by atoms with van der Waals surface area (Å²) in [7, 11) is -4.31. The Balaban J connectivity index is 2.15. The van der Waals surface area contributed by atoms with Crippen LogP contribution in [-0.2, 0) is 16.5 Å². The lowest BCUT2D eigenvalue weighted by Crippen LogP contribution is -2.00. The standard InChI is InChI=1S/C20H26O5S/c1-2-3-4-5-6-7-9-16-12-13-19(26(22,23)24)15-20(16)25-18-11-8-10-17(21)14-18/h8,10-15,21H,2-7,9H2,1H3,(H,22,23,24). The van der Waals surface area contributed by atoms with Gasteiger partial charge in [0.25, 0.3) is 10.1 Å². The highest BCUT2D eigenvalue weighted by molar-refractivity contribution is 7.85. The Labute approximate surface area is 155 Å². The molecule has 2 aromatic rings. The highest BCUT2D eigenvalue weighted by Crippen LogP contribution is 2.31. The summed E-state index contributed by atoms with van der Waals surface area (Å²) in [5.41, 5.74) is 0.872. The van der Waals surface area contributed by atoms with Crippen molar-refractivity contribution in [2.45, 2.75) is 56.8 Å². The van der Waals surface area contributed by atoms with Crippen molar-refractivity contribution in [2.24, 2.45) is 0 Å². The van der Waals surface area contributed by atoms with Gasteiger partial charge in [0.2, 0.25) is 0 Å². The molecule has 0 aliphatic heterocycles. The van der Waals surface area contributed by atoms with Gasteiger partial charge in [0.1, 0.15) is 17.2 Å². The lowest BCUT2D eigenvalue weighted by molar-refractivity contribution is 0.449. The molecule has 0 unspecified atom stereocenters. The van der Waals surface area contributed by atoms with Crippen LogP contribution in [0.2, 0.25) is 0 Å². The monoisotopic (exact) mass is 378 g/mol. The number of phenolic OH excluding ortho intramolecular Hbond substituents is 1. The van der Waals surface area contributed by atoms with Crippen LogP contribution in [0.15, 0.2) is 47.4 Å². The lowest BCUT2D eigenvalue weighted by atomic mass is 10.0. The first-order valence-electron chi connectivity index (χ1n) is 8.97. The van der Waals surface area contributed by atoms with Gasteiger partial charge in [-0.1, -0.05) is 51.2 Å². The molecular weight excluding hydrogens is 352 g/mol. The molecule has 2 N–H and O–H groups in total. The van der Waals surface area contributed by atoms with Crippen molar-refractivity contribution in [1.29, 1.82) is 0 Å². The summed E-state index contributed by atoms with van der Waals surface area (Å²) in [5, 5.41) is 9.57. The summed E-state index contributed by atoms with van der Waals surface area (Å²) in [5.74, 6) is 0.840. The van der Waals surface area contributed by atoms with E-state index in [0.717, 1.165) is 24.8 Å². The highest BCUT2D eigenvalue weighted by atomic mass is 32.2. The summed E-state index contributed by atoms with van der Waals surface area (Å²) >= 11 is 0. The van der Waals surface area contributed by atoms with E-state index < -0.39 is 10.1 Å². The molecule has 0 amide bonds. The van der Waals surface area contributed by atoms with Crippen molar-refractivity contribution >= 4 is 10.1 Å². The minimum absolute atomic E-state index is 0.0610. The maximum Gasteiger partial charge on any atom is 0.294 e. The molecule has 0 aromatic heterocycles. The molecule has 0 heterocycles. The predicted molar refractivity (Wildman–Crippen MR) is 102 cm³/mol. The Morgan fingerprint density at radius 2 is 1.69 bits per heavy atom. The van der Waals surface area contributed by atoms with Gasteiger partial charge in [0.15, 0.2) is 0 Å². The average Bonchev–Trinajstić information content (AvgIpc) is 2.58. The van der Waals surface area contributed by atoms with Gasteiger partial charge in [-0.25, -0.2) is 0 Å². The van der Waals surface area contributed by atoms with E-state index in [1.165, 1.54) is 49.9 Å². The average molecular weight is 378 g/mol. The summed E-state index contributed by atoms with van der Waals surface area (Å²) in [4.78, 5) is -0.209. The molecule has 2 aromatic carbocycles. The van der Waals surface area contributed by atoms with Crippen LogP contribution in [0.5, 0.6) is 17.2 Å². The van der Waals surface area contributed by atoms with E-state index in [0.29, 0.717) is 11.5 Å². The number of unbranched alkanes of at least 4 members (excludes halogenated alkanes) is 5.